The molecule has 120 valence electrons. The maximum absolute atomic E-state index is 13.9. The molecule has 1 heterocycles. The predicted molar refractivity (Wildman–Crippen MR) is 92.4 cm³/mol. The van der Waals surface area contributed by atoms with Crippen LogP contribution >= 0.6 is 27.3 Å². The van der Waals surface area contributed by atoms with E-state index >= 15 is 0 Å². The van der Waals surface area contributed by atoms with Gasteiger partial charge in [-0.1, -0.05) is 28.1 Å². The molecule has 0 aliphatic carbocycles. The fourth-order valence-electron chi connectivity index (χ4n) is 2.11. The Morgan fingerprint density at radius 3 is 2.74 bits per heavy atom. The summed E-state index contributed by atoms with van der Waals surface area (Å²) in [5.74, 6) is -0.774. The van der Waals surface area contributed by atoms with Gasteiger partial charge < -0.3 is 0 Å². The SMILES string of the molecule is CN(Cc1nc2ccccc2s1)S(=O)(=O)c1cc(Br)ccc1F. The number of hydrogen-bond acceptors (Lipinski definition) is 4. The third-order valence-electron chi connectivity index (χ3n) is 3.28. The molecule has 8 heteroatoms. The Labute approximate surface area is 145 Å². The lowest BCUT2D eigenvalue weighted by atomic mass is 10.3. The number of hydrogen-bond donors (Lipinski definition) is 0. The molecule has 2 aromatic carbocycles. The van der Waals surface area contributed by atoms with Gasteiger partial charge in [-0.3, -0.25) is 0 Å². The van der Waals surface area contributed by atoms with Crippen molar-refractivity contribution in [2.75, 3.05) is 7.05 Å². The molecule has 4 nitrogen and oxygen atoms in total. The number of aromatic nitrogens is 1. The Bertz CT molecular complexity index is 940. The van der Waals surface area contributed by atoms with Crippen LogP contribution in [0.2, 0.25) is 0 Å². The summed E-state index contributed by atoms with van der Waals surface area (Å²) >= 11 is 4.59. The van der Waals surface area contributed by atoms with Gasteiger partial charge in [0.1, 0.15) is 15.7 Å². The van der Waals surface area contributed by atoms with Crippen molar-refractivity contribution in [3.63, 3.8) is 0 Å². The molecule has 0 aliphatic heterocycles. The molecule has 1 aromatic heterocycles. The van der Waals surface area contributed by atoms with Gasteiger partial charge >= 0.3 is 0 Å². The van der Waals surface area contributed by atoms with E-state index in [4.69, 9.17) is 0 Å². The minimum atomic E-state index is -3.93. The summed E-state index contributed by atoms with van der Waals surface area (Å²) in [5, 5.41) is 0.660. The van der Waals surface area contributed by atoms with E-state index in [9.17, 15) is 12.8 Å². The number of sulfonamides is 1. The van der Waals surface area contributed by atoms with Crippen molar-refractivity contribution in [2.24, 2.45) is 0 Å². The molecule has 0 bridgehead atoms. The van der Waals surface area contributed by atoms with Crippen molar-refractivity contribution < 1.29 is 12.8 Å². The molecule has 0 fully saturated rings. The number of benzene rings is 2. The van der Waals surface area contributed by atoms with E-state index in [0.29, 0.717) is 9.48 Å². The van der Waals surface area contributed by atoms with Crippen molar-refractivity contribution in [2.45, 2.75) is 11.4 Å². The Kier molecular flexibility index (Phi) is 4.50. The van der Waals surface area contributed by atoms with Crippen LogP contribution in [0.3, 0.4) is 0 Å². The highest BCUT2D eigenvalue weighted by atomic mass is 79.9. The summed E-state index contributed by atoms with van der Waals surface area (Å²) < 4.78 is 41.6. The van der Waals surface area contributed by atoms with E-state index in [1.54, 1.807) is 0 Å². The molecule has 3 aromatic rings. The first-order chi connectivity index (χ1) is 10.9. The average Bonchev–Trinajstić information content (AvgIpc) is 2.91. The first-order valence-corrected chi connectivity index (χ1v) is 9.69. The van der Waals surface area contributed by atoms with E-state index in [-0.39, 0.29) is 11.4 Å². The Hall–Kier alpha value is -1.35. The minimum Gasteiger partial charge on any atom is -0.240 e. The molecular formula is C15H12BrFN2O2S2. The molecule has 0 saturated heterocycles. The summed E-state index contributed by atoms with van der Waals surface area (Å²) in [6.45, 7) is 0.0909. The van der Waals surface area contributed by atoms with Crippen molar-refractivity contribution in [3.8, 4) is 0 Å². The standard InChI is InChI=1S/C15H12BrFN2O2S2/c1-19(9-15-18-12-4-2-3-5-13(12)22-15)23(20,21)14-8-10(16)6-7-11(14)17/h2-8H,9H2,1H3. The average molecular weight is 415 g/mol. The first-order valence-electron chi connectivity index (χ1n) is 6.64. The fourth-order valence-corrected chi connectivity index (χ4v) is 4.94. The van der Waals surface area contributed by atoms with Crippen LogP contribution in [0.4, 0.5) is 4.39 Å². The minimum absolute atomic E-state index is 0.0909. The molecule has 3 rings (SSSR count). The van der Waals surface area contributed by atoms with Crippen LogP contribution in [-0.2, 0) is 16.6 Å². The summed E-state index contributed by atoms with van der Waals surface area (Å²) in [4.78, 5) is 4.06. The maximum Gasteiger partial charge on any atom is 0.246 e. The Morgan fingerprint density at radius 1 is 1.26 bits per heavy atom. The quantitative estimate of drug-likeness (QED) is 0.647. The van der Waals surface area contributed by atoms with E-state index in [1.807, 2.05) is 24.3 Å². The van der Waals surface area contributed by atoms with Gasteiger partial charge in [0.15, 0.2) is 0 Å². The van der Waals surface area contributed by atoms with Crippen LogP contribution in [0.25, 0.3) is 10.2 Å². The largest absolute Gasteiger partial charge is 0.246 e. The van der Waals surface area contributed by atoms with Gasteiger partial charge in [0, 0.05) is 11.5 Å². The van der Waals surface area contributed by atoms with Gasteiger partial charge in [0.05, 0.1) is 16.8 Å². The highest BCUT2D eigenvalue weighted by Crippen LogP contribution is 2.26. The van der Waals surface area contributed by atoms with Gasteiger partial charge in [-0.2, -0.15) is 4.31 Å². The van der Waals surface area contributed by atoms with Crippen LogP contribution in [0, 0.1) is 5.82 Å². The smallest absolute Gasteiger partial charge is 0.240 e. The summed E-state index contributed by atoms with van der Waals surface area (Å²) in [6.07, 6.45) is 0. The molecule has 0 amide bonds. The van der Waals surface area contributed by atoms with Crippen molar-refractivity contribution in [3.05, 3.63) is 57.8 Å². The predicted octanol–water partition coefficient (Wildman–Crippen LogP) is 4.02. The molecule has 0 radical (unpaired) electrons. The zero-order valence-electron chi connectivity index (χ0n) is 12.0. The number of nitrogens with zero attached hydrogens (tertiary/aromatic N) is 2. The third-order valence-corrected chi connectivity index (χ3v) is 6.61. The Balaban J connectivity index is 1.92. The normalized spacial score (nSPS) is 12.2. The van der Waals surface area contributed by atoms with Gasteiger partial charge in [-0.15, -0.1) is 11.3 Å². The fraction of sp³-hybridized carbons (Fsp3) is 0.133. The first kappa shape index (κ1) is 16.5. The molecule has 0 atom stereocenters. The van der Waals surface area contributed by atoms with Gasteiger partial charge in [0.2, 0.25) is 10.0 Å². The van der Waals surface area contributed by atoms with Gasteiger partial charge in [0.25, 0.3) is 0 Å². The van der Waals surface area contributed by atoms with Gasteiger partial charge in [-0.25, -0.2) is 17.8 Å². The molecule has 0 saturated carbocycles. The van der Waals surface area contributed by atoms with E-state index in [1.165, 1.54) is 30.5 Å². The summed E-state index contributed by atoms with van der Waals surface area (Å²) in [5.41, 5.74) is 0.826. The topological polar surface area (TPSA) is 50.3 Å². The van der Waals surface area contributed by atoms with Crippen LogP contribution in [0.5, 0.6) is 0 Å². The summed E-state index contributed by atoms with van der Waals surface area (Å²) in [7, 11) is -2.51. The van der Waals surface area contributed by atoms with Crippen LogP contribution in [0.1, 0.15) is 5.01 Å². The number of rotatable bonds is 4. The van der Waals surface area contributed by atoms with Crippen LogP contribution in [0.15, 0.2) is 51.8 Å². The second-order valence-electron chi connectivity index (χ2n) is 4.91. The number of para-hydroxylation sites is 1. The molecule has 0 N–H and O–H groups in total. The van der Waals surface area contributed by atoms with Crippen LogP contribution < -0.4 is 0 Å². The van der Waals surface area contributed by atoms with E-state index < -0.39 is 15.8 Å². The highest BCUT2D eigenvalue weighted by molar-refractivity contribution is 9.10. The lowest BCUT2D eigenvalue weighted by Crippen LogP contribution is -2.27. The van der Waals surface area contributed by atoms with E-state index in [0.717, 1.165) is 20.6 Å². The maximum atomic E-state index is 13.9. The number of halogens is 2. The molecule has 0 unspecified atom stereocenters. The zero-order chi connectivity index (χ0) is 16.6. The Morgan fingerprint density at radius 2 is 2.00 bits per heavy atom. The number of thiazole rings is 1. The van der Waals surface area contributed by atoms with Gasteiger partial charge in [-0.05, 0) is 30.3 Å². The van der Waals surface area contributed by atoms with Crippen molar-refractivity contribution >= 4 is 47.5 Å². The molecule has 0 aliphatic rings. The van der Waals surface area contributed by atoms with Crippen molar-refractivity contribution in [1.29, 1.82) is 0 Å². The second-order valence-corrected chi connectivity index (χ2v) is 8.96. The van der Waals surface area contributed by atoms with E-state index in [2.05, 4.69) is 20.9 Å². The highest BCUT2D eigenvalue weighted by Gasteiger charge is 2.25. The molecular weight excluding hydrogens is 403 g/mol. The lowest BCUT2D eigenvalue weighted by molar-refractivity contribution is 0.459. The second kappa shape index (κ2) is 6.27. The monoisotopic (exact) mass is 414 g/mol. The molecule has 0 spiro atoms. The third kappa shape index (κ3) is 3.30. The lowest BCUT2D eigenvalue weighted by Gasteiger charge is -2.16. The van der Waals surface area contributed by atoms with Crippen LogP contribution in [-0.4, -0.2) is 24.8 Å². The zero-order valence-corrected chi connectivity index (χ0v) is 15.3. The van der Waals surface area contributed by atoms with Crippen molar-refractivity contribution in [1.82, 2.24) is 9.29 Å². The number of fused-ring (bicyclic) bond motifs is 1. The summed E-state index contributed by atoms with van der Waals surface area (Å²) in [6, 6.07) is 11.4. The molecule has 23 heavy (non-hydrogen) atoms.